The molecule has 2 atom stereocenters. The summed E-state index contributed by atoms with van der Waals surface area (Å²) in [5, 5.41) is 3.44. The second-order valence-electron chi connectivity index (χ2n) is 5.49. The highest BCUT2D eigenvalue weighted by Gasteiger charge is 2.29. The van der Waals surface area contributed by atoms with Crippen molar-refractivity contribution < 1.29 is 9.18 Å². The number of hydrazine groups is 1. The van der Waals surface area contributed by atoms with Gasteiger partial charge >= 0.3 is 0 Å². The molecule has 0 spiro atoms. The third-order valence-electron chi connectivity index (χ3n) is 3.90. The van der Waals surface area contributed by atoms with Gasteiger partial charge in [0.25, 0.3) is 0 Å². The smallest absolute Gasteiger partial charge is 0.238 e. The molecule has 2 unspecified atom stereocenters. The van der Waals surface area contributed by atoms with Crippen LogP contribution >= 0.6 is 11.6 Å². The van der Waals surface area contributed by atoms with Gasteiger partial charge in [-0.1, -0.05) is 41.9 Å². The summed E-state index contributed by atoms with van der Waals surface area (Å²) in [7, 11) is 0. The standard InChI is InChI=1S/C17H17ClFN3O/c18-13-7-5-11(6-8-13)15-9-16(22-21-15)17(23)20-10-12-3-1-2-4-14(12)19/h1-8,15-16,21-22H,9-10H2,(H,20,23). The van der Waals surface area contributed by atoms with Crippen molar-refractivity contribution >= 4 is 17.5 Å². The first-order valence-electron chi connectivity index (χ1n) is 7.41. The third kappa shape index (κ3) is 3.88. The molecule has 1 aliphatic heterocycles. The van der Waals surface area contributed by atoms with Crippen LogP contribution in [0.15, 0.2) is 48.5 Å². The van der Waals surface area contributed by atoms with Crippen molar-refractivity contribution in [3.63, 3.8) is 0 Å². The summed E-state index contributed by atoms with van der Waals surface area (Å²) < 4.78 is 13.5. The molecule has 120 valence electrons. The van der Waals surface area contributed by atoms with E-state index < -0.39 is 0 Å². The van der Waals surface area contributed by atoms with Crippen molar-refractivity contribution in [3.05, 3.63) is 70.5 Å². The second-order valence-corrected chi connectivity index (χ2v) is 5.93. The average molecular weight is 334 g/mol. The minimum atomic E-state index is -0.359. The lowest BCUT2D eigenvalue weighted by Crippen LogP contribution is -2.42. The number of nitrogens with one attached hydrogen (secondary N) is 3. The molecule has 1 fully saturated rings. The van der Waals surface area contributed by atoms with Crippen molar-refractivity contribution in [2.24, 2.45) is 0 Å². The van der Waals surface area contributed by atoms with E-state index in [4.69, 9.17) is 11.6 Å². The van der Waals surface area contributed by atoms with Gasteiger partial charge < -0.3 is 5.32 Å². The Labute approximate surface area is 139 Å². The monoisotopic (exact) mass is 333 g/mol. The van der Waals surface area contributed by atoms with E-state index in [2.05, 4.69) is 16.2 Å². The Morgan fingerprint density at radius 3 is 2.65 bits per heavy atom. The van der Waals surface area contributed by atoms with Gasteiger partial charge in [-0.05, 0) is 30.2 Å². The lowest BCUT2D eigenvalue weighted by atomic mass is 10.0. The molecule has 3 rings (SSSR count). The van der Waals surface area contributed by atoms with Crippen LogP contribution in [0.25, 0.3) is 0 Å². The largest absolute Gasteiger partial charge is 0.351 e. The number of carbonyl (C=O) groups is 1. The van der Waals surface area contributed by atoms with Crippen molar-refractivity contribution in [2.45, 2.75) is 25.0 Å². The fourth-order valence-electron chi connectivity index (χ4n) is 2.59. The molecule has 0 saturated carbocycles. The molecular formula is C17H17ClFN3O. The minimum absolute atomic E-state index is 0.0384. The highest BCUT2D eigenvalue weighted by atomic mass is 35.5. The zero-order valence-corrected chi connectivity index (χ0v) is 13.1. The maximum absolute atomic E-state index is 13.5. The van der Waals surface area contributed by atoms with Crippen molar-refractivity contribution in [2.75, 3.05) is 0 Å². The molecule has 23 heavy (non-hydrogen) atoms. The first-order chi connectivity index (χ1) is 11.1. The van der Waals surface area contributed by atoms with E-state index in [0.29, 0.717) is 17.0 Å². The van der Waals surface area contributed by atoms with E-state index in [1.165, 1.54) is 6.07 Å². The molecule has 3 N–H and O–H groups in total. The summed E-state index contributed by atoms with van der Waals surface area (Å²) in [5.74, 6) is -0.471. The van der Waals surface area contributed by atoms with Gasteiger partial charge in [-0.3, -0.25) is 4.79 Å². The van der Waals surface area contributed by atoms with E-state index in [1.54, 1.807) is 18.2 Å². The maximum Gasteiger partial charge on any atom is 0.238 e. The fourth-order valence-corrected chi connectivity index (χ4v) is 2.72. The minimum Gasteiger partial charge on any atom is -0.351 e. The van der Waals surface area contributed by atoms with E-state index in [-0.39, 0.29) is 30.4 Å². The van der Waals surface area contributed by atoms with Gasteiger partial charge in [0.1, 0.15) is 11.9 Å². The lowest BCUT2D eigenvalue weighted by Gasteiger charge is -2.11. The van der Waals surface area contributed by atoms with Crippen LogP contribution in [0.5, 0.6) is 0 Å². The molecule has 1 aliphatic rings. The predicted octanol–water partition coefficient (Wildman–Crippen LogP) is 2.70. The summed E-state index contributed by atoms with van der Waals surface area (Å²) in [6.07, 6.45) is 0.616. The molecule has 2 aromatic carbocycles. The molecule has 6 heteroatoms. The molecule has 2 aromatic rings. The normalized spacial score (nSPS) is 20.4. The van der Waals surface area contributed by atoms with Crippen LogP contribution in [0, 0.1) is 5.82 Å². The SMILES string of the molecule is O=C(NCc1ccccc1F)C1CC(c2ccc(Cl)cc2)NN1. The van der Waals surface area contributed by atoms with E-state index in [0.717, 1.165) is 5.56 Å². The van der Waals surface area contributed by atoms with Crippen molar-refractivity contribution in [1.29, 1.82) is 0 Å². The van der Waals surface area contributed by atoms with Gasteiger partial charge in [0, 0.05) is 23.2 Å². The van der Waals surface area contributed by atoms with Crippen LogP contribution in [0.3, 0.4) is 0 Å². The summed E-state index contributed by atoms with van der Waals surface area (Å²) in [6.45, 7) is 0.176. The highest BCUT2D eigenvalue weighted by molar-refractivity contribution is 6.30. The van der Waals surface area contributed by atoms with Gasteiger partial charge in [0.2, 0.25) is 5.91 Å². The number of amides is 1. The highest BCUT2D eigenvalue weighted by Crippen LogP contribution is 2.23. The predicted molar refractivity (Wildman–Crippen MR) is 87.1 cm³/mol. The maximum atomic E-state index is 13.5. The fraction of sp³-hybridized carbons (Fsp3) is 0.235. The average Bonchev–Trinajstić information content (AvgIpc) is 3.04. The Balaban J connectivity index is 1.55. The number of hydrogen-bond acceptors (Lipinski definition) is 3. The zero-order valence-electron chi connectivity index (χ0n) is 12.4. The molecule has 1 saturated heterocycles. The Bertz CT molecular complexity index is 692. The Hall–Kier alpha value is -1.95. The number of benzene rings is 2. The Morgan fingerprint density at radius 1 is 1.17 bits per heavy atom. The van der Waals surface area contributed by atoms with Gasteiger partial charge in [-0.25, -0.2) is 15.2 Å². The van der Waals surface area contributed by atoms with Gasteiger partial charge in [0.05, 0.1) is 0 Å². The number of carbonyl (C=O) groups excluding carboxylic acids is 1. The Morgan fingerprint density at radius 2 is 1.91 bits per heavy atom. The molecular weight excluding hydrogens is 317 g/mol. The number of rotatable bonds is 4. The molecule has 1 amide bonds. The van der Waals surface area contributed by atoms with Gasteiger partial charge in [-0.2, -0.15) is 0 Å². The van der Waals surface area contributed by atoms with Crippen LogP contribution in [-0.2, 0) is 11.3 Å². The molecule has 0 aromatic heterocycles. The molecule has 0 bridgehead atoms. The van der Waals surface area contributed by atoms with Crippen LogP contribution in [0.1, 0.15) is 23.6 Å². The topological polar surface area (TPSA) is 53.2 Å². The number of halogens is 2. The van der Waals surface area contributed by atoms with E-state index >= 15 is 0 Å². The first-order valence-corrected chi connectivity index (χ1v) is 7.79. The number of hydrogen-bond donors (Lipinski definition) is 3. The summed E-state index contributed by atoms with van der Waals surface area (Å²) in [4.78, 5) is 12.2. The van der Waals surface area contributed by atoms with Crippen molar-refractivity contribution in [3.8, 4) is 0 Å². The van der Waals surface area contributed by atoms with Crippen molar-refractivity contribution in [1.82, 2.24) is 16.2 Å². The zero-order chi connectivity index (χ0) is 16.2. The van der Waals surface area contributed by atoms with Gasteiger partial charge in [-0.15, -0.1) is 0 Å². The molecule has 1 heterocycles. The van der Waals surface area contributed by atoms with Gasteiger partial charge in [0.15, 0.2) is 0 Å². The quantitative estimate of drug-likeness (QED) is 0.806. The van der Waals surface area contributed by atoms with E-state index in [1.807, 2.05) is 24.3 Å². The van der Waals surface area contributed by atoms with Crippen LogP contribution < -0.4 is 16.2 Å². The third-order valence-corrected chi connectivity index (χ3v) is 4.15. The van der Waals surface area contributed by atoms with E-state index in [9.17, 15) is 9.18 Å². The van der Waals surface area contributed by atoms with Crippen LogP contribution in [0.4, 0.5) is 4.39 Å². The first kappa shape index (κ1) is 15.9. The summed E-state index contributed by atoms with van der Waals surface area (Å²) in [5.41, 5.74) is 7.62. The molecule has 4 nitrogen and oxygen atoms in total. The molecule has 0 aliphatic carbocycles. The second kappa shape index (κ2) is 7.08. The van der Waals surface area contributed by atoms with Crippen LogP contribution in [-0.4, -0.2) is 11.9 Å². The molecule has 0 radical (unpaired) electrons. The van der Waals surface area contributed by atoms with Crippen LogP contribution in [0.2, 0.25) is 5.02 Å². The Kier molecular flexibility index (Phi) is 4.91. The lowest BCUT2D eigenvalue weighted by molar-refractivity contribution is -0.123. The summed E-state index contributed by atoms with van der Waals surface area (Å²) >= 11 is 5.88. The summed E-state index contributed by atoms with van der Waals surface area (Å²) in [6, 6.07) is 13.6.